The molecule has 19 heavy (non-hydrogen) atoms. The first-order chi connectivity index (χ1) is 8.66. The molecule has 0 aliphatic rings. The second kappa shape index (κ2) is 5.72. The fourth-order valence-electron chi connectivity index (χ4n) is 1.53. The van der Waals surface area contributed by atoms with Gasteiger partial charge in [-0.05, 0) is 20.2 Å². The highest BCUT2D eigenvalue weighted by molar-refractivity contribution is 7.89. The van der Waals surface area contributed by atoms with Crippen LogP contribution in [0, 0.1) is 0 Å². The quantitative estimate of drug-likeness (QED) is 0.791. The van der Waals surface area contributed by atoms with Gasteiger partial charge in [-0.15, -0.1) is 0 Å². The monoisotopic (exact) mass is 289 g/mol. The zero-order chi connectivity index (χ0) is 14.8. The van der Waals surface area contributed by atoms with Crippen molar-refractivity contribution in [1.82, 2.24) is 13.8 Å². The molecule has 1 heterocycles. The number of rotatable bonds is 6. The fraction of sp³-hybridized carbons (Fsp3) is 0.545. The summed E-state index contributed by atoms with van der Waals surface area (Å²) in [4.78, 5) is 12.8. The minimum Gasteiger partial charge on any atom is -0.477 e. The van der Waals surface area contributed by atoms with E-state index < -0.39 is 16.0 Å². The molecule has 1 rings (SSSR count). The Balaban J connectivity index is 3.00. The lowest BCUT2D eigenvalue weighted by molar-refractivity contribution is 0.0686. The molecule has 0 saturated carbocycles. The van der Waals surface area contributed by atoms with Gasteiger partial charge in [0, 0.05) is 33.4 Å². The highest BCUT2D eigenvalue weighted by Crippen LogP contribution is 2.17. The van der Waals surface area contributed by atoms with E-state index in [4.69, 9.17) is 5.11 Å². The molecule has 0 unspecified atom stereocenters. The predicted molar refractivity (Wildman–Crippen MR) is 70.7 cm³/mol. The van der Waals surface area contributed by atoms with Crippen molar-refractivity contribution in [2.45, 2.75) is 4.90 Å². The van der Waals surface area contributed by atoms with E-state index in [0.717, 1.165) is 0 Å². The van der Waals surface area contributed by atoms with Gasteiger partial charge in [-0.1, -0.05) is 0 Å². The van der Waals surface area contributed by atoms with Crippen molar-refractivity contribution in [2.75, 3.05) is 34.2 Å². The molecule has 0 bridgehead atoms. The molecule has 0 aliphatic heterocycles. The van der Waals surface area contributed by atoms with Gasteiger partial charge >= 0.3 is 5.97 Å². The molecule has 1 aromatic heterocycles. The number of likely N-dealkylation sites (N-methyl/N-ethyl adjacent to an activating group) is 2. The maximum atomic E-state index is 12.2. The number of aromatic nitrogens is 1. The van der Waals surface area contributed by atoms with Crippen LogP contribution in [-0.4, -0.2) is 67.5 Å². The summed E-state index contributed by atoms with van der Waals surface area (Å²) >= 11 is 0. The summed E-state index contributed by atoms with van der Waals surface area (Å²) in [5.41, 5.74) is -0.0559. The third-order valence-electron chi connectivity index (χ3n) is 2.77. The molecule has 0 fully saturated rings. The van der Waals surface area contributed by atoms with Gasteiger partial charge in [0.15, 0.2) is 0 Å². The Bertz CT molecular complexity index is 562. The molecule has 108 valence electrons. The number of carboxylic acid groups (broad SMARTS) is 1. The molecule has 7 nitrogen and oxygen atoms in total. The van der Waals surface area contributed by atoms with Gasteiger partial charge in [-0.2, -0.15) is 4.31 Å². The number of nitrogens with zero attached hydrogens (tertiary/aromatic N) is 3. The van der Waals surface area contributed by atoms with Crippen molar-refractivity contribution in [2.24, 2.45) is 7.05 Å². The predicted octanol–water partition coefficient (Wildman–Crippen LogP) is -0.0946. The van der Waals surface area contributed by atoms with E-state index in [9.17, 15) is 13.2 Å². The van der Waals surface area contributed by atoms with Crippen LogP contribution in [0.15, 0.2) is 17.2 Å². The summed E-state index contributed by atoms with van der Waals surface area (Å²) in [5.74, 6) is -1.15. The number of aromatic carboxylic acids is 1. The van der Waals surface area contributed by atoms with Gasteiger partial charge < -0.3 is 14.6 Å². The normalized spacial score (nSPS) is 12.3. The van der Waals surface area contributed by atoms with E-state index in [1.807, 2.05) is 19.0 Å². The van der Waals surface area contributed by atoms with Gasteiger partial charge in [0.1, 0.15) is 10.6 Å². The standard InChI is InChI=1S/C11H19N3O4S/c1-12(2)5-6-14(4)19(17,18)9-7-10(11(15)16)13(3)8-9/h7-8H,5-6H2,1-4H3,(H,15,16). The first-order valence-electron chi connectivity index (χ1n) is 5.67. The third kappa shape index (κ3) is 3.55. The Labute approximate surface area is 113 Å². The molecule has 0 amide bonds. The van der Waals surface area contributed by atoms with Crippen LogP contribution in [0.4, 0.5) is 0 Å². The number of sulfonamides is 1. The molecular formula is C11H19N3O4S. The minimum absolute atomic E-state index is 0.00587. The maximum Gasteiger partial charge on any atom is 0.352 e. The lowest BCUT2D eigenvalue weighted by Crippen LogP contribution is -2.33. The third-order valence-corrected chi connectivity index (χ3v) is 4.59. The van der Waals surface area contributed by atoms with Gasteiger partial charge in [0.25, 0.3) is 0 Å². The van der Waals surface area contributed by atoms with Crippen LogP contribution in [-0.2, 0) is 17.1 Å². The van der Waals surface area contributed by atoms with Crippen molar-refractivity contribution < 1.29 is 18.3 Å². The summed E-state index contributed by atoms with van der Waals surface area (Å²) in [7, 11) is 3.04. The van der Waals surface area contributed by atoms with E-state index >= 15 is 0 Å². The molecule has 0 saturated heterocycles. The second-order valence-electron chi connectivity index (χ2n) is 4.61. The van der Waals surface area contributed by atoms with E-state index in [1.165, 1.54) is 35.2 Å². The van der Waals surface area contributed by atoms with Gasteiger partial charge in [-0.25, -0.2) is 13.2 Å². The maximum absolute atomic E-state index is 12.2. The zero-order valence-electron chi connectivity index (χ0n) is 11.5. The Morgan fingerprint density at radius 2 is 1.89 bits per heavy atom. The Kier molecular flexibility index (Phi) is 4.72. The molecular weight excluding hydrogens is 270 g/mol. The lowest BCUT2D eigenvalue weighted by atomic mass is 10.4. The molecule has 1 N–H and O–H groups in total. The molecule has 0 atom stereocenters. The van der Waals surface area contributed by atoms with E-state index in [-0.39, 0.29) is 10.6 Å². The topological polar surface area (TPSA) is 82.8 Å². The van der Waals surface area contributed by atoms with E-state index in [0.29, 0.717) is 13.1 Å². The molecule has 0 aliphatic carbocycles. The minimum atomic E-state index is -3.65. The van der Waals surface area contributed by atoms with Crippen molar-refractivity contribution in [3.63, 3.8) is 0 Å². The van der Waals surface area contributed by atoms with Crippen LogP contribution in [0.25, 0.3) is 0 Å². The lowest BCUT2D eigenvalue weighted by Gasteiger charge is -2.18. The van der Waals surface area contributed by atoms with Crippen LogP contribution in [0.1, 0.15) is 10.5 Å². The molecule has 0 aromatic carbocycles. The summed E-state index contributed by atoms with van der Waals surface area (Å²) < 4.78 is 27.0. The van der Waals surface area contributed by atoms with Gasteiger partial charge in [-0.3, -0.25) is 0 Å². The summed E-state index contributed by atoms with van der Waals surface area (Å²) in [6.45, 7) is 0.932. The number of hydrogen-bond donors (Lipinski definition) is 1. The summed E-state index contributed by atoms with van der Waals surface area (Å²) in [6.07, 6.45) is 1.31. The Morgan fingerprint density at radius 1 is 1.32 bits per heavy atom. The highest BCUT2D eigenvalue weighted by Gasteiger charge is 2.24. The van der Waals surface area contributed by atoms with E-state index in [2.05, 4.69) is 0 Å². The number of aryl methyl sites for hydroxylation is 1. The van der Waals surface area contributed by atoms with Crippen LogP contribution in [0.2, 0.25) is 0 Å². The molecule has 1 aromatic rings. The van der Waals surface area contributed by atoms with Gasteiger partial charge in [0.05, 0.1) is 0 Å². The van der Waals surface area contributed by atoms with Crippen LogP contribution in [0.3, 0.4) is 0 Å². The average Bonchev–Trinajstić information content (AvgIpc) is 2.68. The van der Waals surface area contributed by atoms with Crippen molar-refractivity contribution >= 4 is 16.0 Å². The van der Waals surface area contributed by atoms with E-state index in [1.54, 1.807) is 0 Å². The number of hydrogen-bond acceptors (Lipinski definition) is 4. The highest BCUT2D eigenvalue weighted by atomic mass is 32.2. The Morgan fingerprint density at radius 3 is 2.32 bits per heavy atom. The first-order valence-corrected chi connectivity index (χ1v) is 7.11. The molecule has 8 heteroatoms. The van der Waals surface area contributed by atoms with Crippen molar-refractivity contribution in [3.05, 3.63) is 18.0 Å². The SMILES string of the molecule is CN(C)CCN(C)S(=O)(=O)c1cc(C(=O)O)n(C)c1. The summed E-state index contributed by atoms with van der Waals surface area (Å²) in [6, 6.07) is 1.17. The smallest absolute Gasteiger partial charge is 0.352 e. The van der Waals surface area contributed by atoms with Crippen molar-refractivity contribution in [3.8, 4) is 0 Å². The molecule has 0 radical (unpaired) electrons. The van der Waals surface area contributed by atoms with Gasteiger partial charge in [0.2, 0.25) is 10.0 Å². The Hall–Kier alpha value is -1.38. The van der Waals surface area contributed by atoms with Crippen LogP contribution in [0.5, 0.6) is 0 Å². The fourth-order valence-corrected chi connectivity index (χ4v) is 2.76. The number of carbonyl (C=O) groups is 1. The first kappa shape index (κ1) is 15.7. The van der Waals surface area contributed by atoms with Crippen LogP contribution < -0.4 is 0 Å². The largest absolute Gasteiger partial charge is 0.477 e. The molecule has 0 spiro atoms. The van der Waals surface area contributed by atoms with Crippen molar-refractivity contribution in [1.29, 1.82) is 0 Å². The second-order valence-corrected chi connectivity index (χ2v) is 6.65. The zero-order valence-corrected chi connectivity index (χ0v) is 12.3. The summed E-state index contributed by atoms with van der Waals surface area (Å²) in [5, 5.41) is 8.92. The number of carboxylic acids is 1. The average molecular weight is 289 g/mol. The van der Waals surface area contributed by atoms with Crippen LogP contribution >= 0.6 is 0 Å².